The normalized spacial score (nSPS) is 11.4. The lowest BCUT2D eigenvalue weighted by atomic mass is 10.2. The Kier molecular flexibility index (Phi) is 5.48. The number of aromatic nitrogens is 3. The first kappa shape index (κ1) is 17.8. The van der Waals surface area contributed by atoms with E-state index in [1.165, 1.54) is 4.57 Å². The maximum absolute atomic E-state index is 12.4. The highest BCUT2D eigenvalue weighted by atomic mass is 16.5. The Hall–Kier alpha value is -2.51. The lowest BCUT2D eigenvalue weighted by molar-refractivity contribution is 0.378. The van der Waals surface area contributed by atoms with Gasteiger partial charge in [-0.15, -0.1) is 0 Å². The molecule has 0 aliphatic rings. The molecular weight excluding hydrogens is 310 g/mol. The minimum atomic E-state index is -0.488. The molecule has 0 aromatic carbocycles. The van der Waals surface area contributed by atoms with Gasteiger partial charge < -0.3 is 15.2 Å². The Balaban J connectivity index is 2.51. The van der Waals surface area contributed by atoms with Crippen LogP contribution in [0.25, 0.3) is 0 Å². The van der Waals surface area contributed by atoms with E-state index in [1.807, 2.05) is 32.6 Å². The van der Waals surface area contributed by atoms with Crippen LogP contribution in [0.5, 0.6) is 0 Å². The van der Waals surface area contributed by atoms with Crippen LogP contribution in [0.3, 0.4) is 0 Å². The van der Waals surface area contributed by atoms with Crippen LogP contribution in [0.4, 0.5) is 11.5 Å². The molecule has 8 heteroatoms. The van der Waals surface area contributed by atoms with Crippen LogP contribution in [0.1, 0.15) is 33.5 Å². The van der Waals surface area contributed by atoms with Crippen LogP contribution in [0.15, 0.2) is 26.4 Å². The van der Waals surface area contributed by atoms with E-state index in [-0.39, 0.29) is 17.7 Å². The summed E-state index contributed by atoms with van der Waals surface area (Å²) in [6.07, 6.45) is 1.55. The van der Waals surface area contributed by atoms with Gasteiger partial charge in [0.05, 0.1) is 12.7 Å². The van der Waals surface area contributed by atoms with Gasteiger partial charge in [0.25, 0.3) is 5.56 Å². The quantitative estimate of drug-likeness (QED) is 0.792. The number of H-pyrrole nitrogens is 1. The van der Waals surface area contributed by atoms with Crippen molar-refractivity contribution in [1.29, 1.82) is 0 Å². The second-order valence-corrected chi connectivity index (χ2v) is 6.75. The number of nitrogens with two attached hydrogens (primary N) is 1. The van der Waals surface area contributed by atoms with E-state index in [0.29, 0.717) is 31.1 Å². The first-order chi connectivity index (χ1) is 11.3. The average molecular weight is 335 g/mol. The van der Waals surface area contributed by atoms with E-state index in [9.17, 15) is 9.59 Å². The molecule has 0 unspecified atom stereocenters. The molecule has 24 heavy (non-hydrogen) atoms. The topological polar surface area (TPSA) is 110 Å². The summed E-state index contributed by atoms with van der Waals surface area (Å²) in [5.41, 5.74) is 5.51. The molecule has 3 N–H and O–H groups in total. The average Bonchev–Trinajstić information content (AvgIpc) is 2.95. The summed E-state index contributed by atoms with van der Waals surface area (Å²) in [5.74, 6) is 1.31. The Labute approximate surface area is 140 Å². The number of nitrogens with one attached hydrogen (secondary N) is 1. The molecule has 2 heterocycles. The number of nitrogen functional groups attached to an aromatic ring is 1. The van der Waals surface area contributed by atoms with Crippen molar-refractivity contribution in [2.75, 3.05) is 17.2 Å². The van der Waals surface area contributed by atoms with Crippen molar-refractivity contribution in [2.45, 2.75) is 40.8 Å². The Morgan fingerprint density at radius 1 is 1.29 bits per heavy atom. The van der Waals surface area contributed by atoms with Gasteiger partial charge in [-0.25, -0.2) is 4.79 Å². The van der Waals surface area contributed by atoms with Gasteiger partial charge in [-0.3, -0.25) is 14.3 Å². The van der Waals surface area contributed by atoms with Crippen molar-refractivity contribution in [1.82, 2.24) is 14.7 Å². The van der Waals surface area contributed by atoms with E-state index >= 15 is 0 Å². The number of hydrogen-bond donors (Lipinski definition) is 2. The van der Waals surface area contributed by atoms with Crippen molar-refractivity contribution >= 4 is 11.5 Å². The second kappa shape index (κ2) is 7.37. The molecule has 2 aromatic rings. The molecule has 0 bridgehead atoms. The van der Waals surface area contributed by atoms with E-state index in [4.69, 9.17) is 10.3 Å². The molecular formula is C16H25N5O3. The van der Waals surface area contributed by atoms with Crippen molar-refractivity contribution in [2.24, 2.45) is 11.8 Å². The molecule has 0 spiro atoms. The van der Waals surface area contributed by atoms with E-state index in [0.717, 1.165) is 0 Å². The molecule has 0 saturated carbocycles. The summed E-state index contributed by atoms with van der Waals surface area (Å²) in [7, 11) is 0. The van der Waals surface area contributed by atoms with E-state index in [2.05, 4.69) is 10.1 Å². The second-order valence-electron chi connectivity index (χ2n) is 6.75. The summed E-state index contributed by atoms with van der Waals surface area (Å²) >= 11 is 0. The lowest BCUT2D eigenvalue weighted by Crippen LogP contribution is -2.40. The fourth-order valence-corrected chi connectivity index (χ4v) is 2.62. The molecule has 2 rings (SSSR count). The molecule has 8 nitrogen and oxygen atoms in total. The Bertz CT molecular complexity index is 774. The van der Waals surface area contributed by atoms with Crippen LogP contribution in [0, 0.1) is 11.8 Å². The predicted octanol–water partition coefficient (Wildman–Crippen LogP) is 1.43. The molecule has 0 saturated heterocycles. The largest absolute Gasteiger partial charge is 0.383 e. The minimum absolute atomic E-state index is 0.178. The van der Waals surface area contributed by atoms with Gasteiger partial charge in [-0.1, -0.05) is 32.9 Å². The fourth-order valence-electron chi connectivity index (χ4n) is 2.62. The van der Waals surface area contributed by atoms with Gasteiger partial charge in [0.2, 0.25) is 0 Å². The Morgan fingerprint density at radius 2 is 2.00 bits per heavy atom. The molecule has 0 aliphatic carbocycles. The third kappa shape index (κ3) is 4.06. The van der Waals surface area contributed by atoms with Gasteiger partial charge in [-0.05, 0) is 11.8 Å². The molecule has 0 aliphatic heterocycles. The van der Waals surface area contributed by atoms with Crippen molar-refractivity contribution in [3.05, 3.63) is 38.9 Å². The summed E-state index contributed by atoms with van der Waals surface area (Å²) < 4.78 is 6.56. The van der Waals surface area contributed by atoms with Gasteiger partial charge in [0.15, 0.2) is 5.76 Å². The molecule has 0 atom stereocenters. The van der Waals surface area contributed by atoms with Gasteiger partial charge >= 0.3 is 5.69 Å². The molecule has 2 aromatic heterocycles. The highest BCUT2D eigenvalue weighted by Crippen LogP contribution is 2.21. The van der Waals surface area contributed by atoms with Crippen molar-refractivity contribution in [3.8, 4) is 0 Å². The number of hydrogen-bond acceptors (Lipinski definition) is 6. The van der Waals surface area contributed by atoms with Gasteiger partial charge in [0.1, 0.15) is 11.5 Å². The van der Waals surface area contributed by atoms with Gasteiger partial charge in [-0.2, -0.15) is 0 Å². The van der Waals surface area contributed by atoms with Crippen LogP contribution >= 0.6 is 0 Å². The highest BCUT2D eigenvalue weighted by Gasteiger charge is 2.21. The standard InChI is InChI=1S/C16H25N5O3/c1-10(2)7-20(9-12-5-6-18-24-12)13-14(17)21(8-11(3)4)16(23)19-15(13)22/h5-6,10-11H,7-9,17H2,1-4H3,(H,19,22,23). The zero-order chi connectivity index (χ0) is 17.9. The monoisotopic (exact) mass is 335 g/mol. The molecule has 132 valence electrons. The lowest BCUT2D eigenvalue weighted by Gasteiger charge is -2.27. The minimum Gasteiger partial charge on any atom is -0.383 e. The van der Waals surface area contributed by atoms with Crippen molar-refractivity contribution in [3.63, 3.8) is 0 Å². The summed E-state index contributed by atoms with van der Waals surface area (Å²) in [6, 6.07) is 1.74. The smallest absolute Gasteiger partial charge is 0.330 e. The summed E-state index contributed by atoms with van der Waals surface area (Å²) in [5, 5.41) is 3.69. The first-order valence-electron chi connectivity index (χ1n) is 8.06. The zero-order valence-electron chi connectivity index (χ0n) is 14.6. The molecule has 0 amide bonds. The number of rotatable bonds is 7. The molecule has 0 fully saturated rings. The number of nitrogens with zero attached hydrogens (tertiary/aromatic N) is 3. The molecule has 0 radical (unpaired) electrons. The van der Waals surface area contributed by atoms with Crippen LogP contribution in [-0.4, -0.2) is 21.3 Å². The Morgan fingerprint density at radius 3 is 2.54 bits per heavy atom. The van der Waals surface area contributed by atoms with E-state index in [1.54, 1.807) is 12.3 Å². The van der Waals surface area contributed by atoms with Crippen LogP contribution < -0.4 is 21.9 Å². The van der Waals surface area contributed by atoms with Crippen LogP contribution in [-0.2, 0) is 13.1 Å². The maximum atomic E-state index is 12.4. The van der Waals surface area contributed by atoms with Gasteiger partial charge in [0, 0.05) is 19.2 Å². The van der Waals surface area contributed by atoms with Crippen molar-refractivity contribution < 1.29 is 4.52 Å². The van der Waals surface area contributed by atoms with E-state index < -0.39 is 11.2 Å². The summed E-state index contributed by atoms with van der Waals surface area (Å²) in [4.78, 5) is 28.7. The predicted molar refractivity (Wildman–Crippen MR) is 93.0 cm³/mol. The zero-order valence-corrected chi connectivity index (χ0v) is 14.6. The first-order valence-corrected chi connectivity index (χ1v) is 8.06. The fraction of sp³-hybridized carbons (Fsp3) is 0.562. The highest BCUT2D eigenvalue weighted by molar-refractivity contribution is 5.62. The number of anilines is 2. The number of aromatic amines is 1. The summed E-state index contributed by atoms with van der Waals surface area (Å²) in [6.45, 7) is 9.43. The van der Waals surface area contributed by atoms with Crippen LogP contribution in [0.2, 0.25) is 0 Å². The third-order valence-corrected chi connectivity index (χ3v) is 3.50. The third-order valence-electron chi connectivity index (χ3n) is 3.50. The SMILES string of the molecule is CC(C)CN(Cc1ccno1)c1c(N)n(CC(C)C)c(=O)[nH]c1=O. The maximum Gasteiger partial charge on any atom is 0.330 e.